The lowest BCUT2D eigenvalue weighted by Gasteiger charge is -2.31. The molecule has 0 aliphatic carbocycles. The monoisotopic (exact) mass is 406 g/mol. The van der Waals surface area contributed by atoms with E-state index in [2.05, 4.69) is 4.72 Å². The van der Waals surface area contributed by atoms with E-state index in [9.17, 15) is 13.2 Å². The molecule has 1 saturated heterocycles. The van der Waals surface area contributed by atoms with Crippen LogP contribution >= 0.6 is 0 Å². The Bertz CT molecular complexity index is 901. The number of hydrogen-bond acceptors (Lipinski definition) is 5. The van der Waals surface area contributed by atoms with Crippen LogP contribution in [-0.2, 0) is 16.4 Å². The van der Waals surface area contributed by atoms with Crippen molar-refractivity contribution in [3.8, 4) is 5.75 Å². The number of amides is 1. The maximum Gasteiger partial charge on any atom is 0.257 e. The van der Waals surface area contributed by atoms with Crippen molar-refractivity contribution >= 4 is 15.9 Å². The first-order valence-corrected chi connectivity index (χ1v) is 10.9. The van der Waals surface area contributed by atoms with Gasteiger partial charge in [-0.1, -0.05) is 13.0 Å². The van der Waals surface area contributed by atoms with Gasteiger partial charge in [0.25, 0.3) is 5.91 Å². The van der Waals surface area contributed by atoms with Gasteiger partial charge in [-0.3, -0.25) is 4.79 Å². The van der Waals surface area contributed by atoms with Gasteiger partial charge in [0.15, 0.2) is 0 Å². The van der Waals surface area contributed by atoms with E-state index in [1.807, 2.05) is 13.0 Å². The highest BCUT2D eigenvalue weighted by atomic mass is 32.2. The van der Waals surface area contributed by atoms with Crippen molar-refractivity contribution in [2.75, 3.05) is 26.7 Å². The van der Waals surface area contributed by atoms with Crippen LogP contribution in [0.1, 0.15) is 35.7 Å². The molecule has 0 saturated carbocycles. The number of piperidine rings is 1. The number of sulfonamides is 1. The van der Waals surface area contributed by atoms with E-state index in [-0.39, 0.29) is 16.7 Å². The van der Waals surface area contributed by atoms with Crippen molar-refractivity contribution in [2.45, 2.75) is 31.1 Å². The van der Waals surface area contributed by atoms with Crippen LogP contribution in [0.3, 0.4) is 0 Å². The van der Waals surface area contributed by atoms with E-state index < -0.39 is 10.0 Å². The van der Waals surface area contributed by atoms with Gasteiger partial charge in [-0.05, 0) is 48.9 Å². The highest BCUT2D eigenvalue weighted by Crippen LogP contribution is 2.26. The molecule has 1 aromatic heterocycles. The summed E-state index contributed by atoms with van der Waals surface area (Å²) in [4.78, 5) is 14.3. The second kappa shape index (κ2) is 8.79. The fraction of sp³-hybridized carbons (Fsp3) is 0.450. The second-order valence-electron chi connectivity index (χ2n) is 6.94. The molecule has 1 aliphatic rings. The molecule has 1 N–H and O–H groups in total. The molecule has 0 bridgehead atoms. The number of carbonyl (C=O) groups is 1. The Morgan fingerprint density at radius 2 is 2.04 bits per heavy atom. The Hall–Kier alpha value is -2.32. The fourth-order valence-corrected chi connectivity index (χ4v) is 4.70. The van der Waals surface area contributed by atoms with Gasteiger partial charge in [0.1, 0.15) is 16.9 Å². The average Bonchev–Trinajstić information content (AvgIpc) is 3.26. The number of rotatable bonds is 7. The van der Waals surface area contributed by atoms with Gasteiger partial charge in [-0.15, -0.1) is 0 Å². The molecule has 0 atom stereocenters. The van der Waals surface area contributed by atoms with Gasteiger partial charge >= 0.3 is 0 Å². The van der Waals surface area contributed by atoms with E-state index in [0.29, 0.717) is 30.9 Å². The van der Waals surface area contributed by atoms with Crippen LogP contribution < -0.4 is 9.46 Å². The lowest BCUT2D eigenvalue weighted by Crippen LogP contribution is -2.41. The zero-order chi connectivity index (χ0) is 20.1. The topological polar surface area (TPSA) is 88.9 Å². The summed E-state index contributed by atoms with van der Waals surface area (Å²) in [6, 6.07) is 6.87. The van der Waals surface area contributed by atoms with E-state index >= 15 is 0 Å². The fourth-order valence-electron chi connectivity index (χ4n) is 3.37. The number of furan rings is 1. The van der Waals surface area contributed by atoms with Crippen LogP contribution in [-0.4, -0.2) is 46.0 Å². The lowest BCUT2D eigenvalue weighted by molar-refractivity contribution is 0.0691. The van der Waals surface area contributed by atoms with Gasteiger partial charge in [0, 0.05) is 19.6 Å². The third-order valence-corrected chi connectivity index (χ3v) is 6.60. The lowest BCUT2D eigenvalue weighted by atomic mass is 9.97. The SMILES string of the molecule is CCc1ccc(OC)c(S(=O)(=O)NCC2CCN(C(=O)c3ccoc3)CC2)c1. The van der Waals surface area contributed by atoms with Crippen molar-refractivity contribution in [1.29, 1.82) is 0 Å². The minimum atomic E-state index is -3.67. The summed E-state index contributed by atoms with van der Waals surface area (Å²) in [6.45, 7) is 3.52. The van der Waals surface area contributed by atoms with Crippen molar-refractivity contribution in [3.05, 3.63) is 47.9 Å². The normalized spacial score (nSPS) is 15.6. The third kappa shape index (κ3) is 4.56. The number of hydrogen-bond donors (Lipinski definition) is 1. The first-order chi connectivity index (χ1) is 13.4. The van der Waals surface area contributed by atoms with E-state index in [1.165, 1.54) is 19.6 Å². The Balaban J connectivity index is 1.58. The summed E-state index contributed by atoms with van der Waals surface area (Å²) in [5.41, 5.74) is 1.48. The number of ether oxygens (including phenoxy) is 1. The van der Waals surface area contributed by atoms with E-state index in [0.717, 1.165) is 24.8 Å². The maximum absolute atomic E-state index is 12.8. The molecule has 0 unspecified atom stereocenters. The summed E-state index contributed by atoms with van der Waals surface area (Å²) in [5.74, 6) is 0.475. The van der Waals surface area contributed by atoms with Crippen molar-refractivity contribution in [1.82, 2.24) is 9.62 Å². The molecule has 28 heavy (non-hydrogen) atoms. The highest BCUT2D eigenvalue weighted by Gasteiger charge is 2.26. The van der Waals surface area contributed by atoms with E-state index in [4.69, 9.17) is 9.15 Å². The zero-order valence-corrected chi connectivity index (χ0v) is 17.0. The smallest absolute Gasteiger partial charge is 0.257 e. The Morgan fingerprint density at radius 1 is 1.29 bits per heavy atom. The van der Waals surface area contributed by atoms with Crippen molar-refractivity contribution in [3.63, 3.8) is 0 Å². The first-order valence-electron chi connectivity index (χ1n) is 9.42. The molecule has 152 valence electrons. The molecule has 3 rings (SSSR count). The summed E-state index contributed by atoms with van der Waals surface area (Å²) < 4.78 is 38.5. The van der Waals surface area contributed by atoms with Crippen LogP contribution in [0.4, 0.5) is 0 Å². The van der Waals surface area contributed by atoms with Crippen LogP contribution in [0.2, 0.25) is 0 Å². The van der Waals surface area contributed by atoms with Gasteiger partial charge < -0.3 is 14.1 Å². The molecule has 1 fully saturated rings. The Kier molecular flexibility index (Phi) is 6.41. The van der Waals surface area contributed by atoms with Crippen LogP contribution in [0, 0.1) is 5.92 Å². The molecular weight excluding hydrogens is 380 g/mol. The van der Waals surface area contributed by atoms with Crippen molar-refractivity contribution < 1.29 is 22.4 Å². The molecule has 0 spiro atoms. The molecule has 2 aromatic rings. The Labute approximate surface area is 165 Å². The first kappa shape index (κ1) is 20.4. The molecule has 1 aromatic carbocycles. The molecule has 2 heterocycles. The van der Waals surface area contributed by atoms with E-state index in [1.54, 1.807) is 23.1 Å². The van der Waals surface area contributed by atoms with Crippen LogP contribution in [0.25, 0.3) is 0 Å². The standard InChI is InChI=1S/C20H26N2O5S/c1-3-15-4-5-18(26-2)19(12-15)28(24,25)21-13-16-6-9-22(10-7-16)20(23)17-8-11-27-14-17/h4-5,8,11-12,14,16,21H,3,6-7,9-10,13H2,1-2H3. The molecule has 8 heteroatoms. The van der Waals surface area contributed by atoms with Gasteiger partial charge in [-0.2, -0.15) is 0 Å². The Morgan fingerprint density at radius 3 is 2.64 bits per heavy atom. The summed E-state index contributed by atoms with van der Waals surface area (Å²) in [7, 11) is -2.20. The molecule has 1 aliphatic heterocycles. The number of aryl methyl sites for hydroxylation is 1. The predicted octanol–water partition coefficient (Wildman–Crippen LogP) is 2.68. The van der Waals surface area contributed by atoms with Crippen LogP contribution in [0.5, 0.6) is 5.75 Å². The number of likely N-dealkylation sites (tertiary alicyclic amines) is 1. The average molecular weight is 407 g/mol. The quantitative estimate of drug-likeness (QED) is 0.764. The molecule has 7 nitrogen and oxygen atoms in total. The van der Waals surface area contributed by atoms with Crippen LogP contribution in [0.15, 0.2) is 46.1 Å². The highest BCUT2D eigenvalue weighted by molar-refractivity contribution is 7.89. The number of benzene rings is 1. The van der Waals surface area contributed by atoms with Gasteiger partial charge in [0.2, 0.25) is 10.0 Å². The largest absolute Gasteiger partial charge is 0.495 e. The number of nitrogens with zero attached hydrogens (tertiary/aromatic N) is 1. The summed E-state index contributed by atoms with van der Waals surface area (Å²) in [6.07, 6.45) is 5.17. The van der Waals surface area contributed by atoms with Crippen molar-refractivity contribution in [2.24, 2.45) is 5.92 Å². The molecular formula is C20H26N2O5S. The zero-order valence-electron chi connectivity index (χ0n) is 16.2. The van der Waals surface area contributed by atoms with Gasteiger partial charge in [-0.25, -0.2) is 13.1 Å². The summed E-state index contributed by atoms with van der Waals surface area (Å²) >= 11 is 0. The number of methoxy groups -OCH3 is 1. The molecule has 0 radical (unpaired) electrons. The minimum absolute atomic E-state index is 0.0473. The second-order valence-corrected chi connectivity index (χ2v) is 8.67. The van der Waals surface area contributed by atoms with Gasteiger partial charge in [0.05, 0.1) is 18.9 Å². The number of carbonyl (C=O) groups excluding carboxylic acids is 1. The number of nitrogens with one attached hydrogen (secondary N) is 1. The minimum Gasteiger partial charge on any atom is -0.495 e. The maximum atomic E-state index is 12.8. The molecule has 1 amide bonds. The third-order valence-electron chi connectivity index (χ3n) is 5.16. The summed E-state index contributed by atoms with van der Waals surface area (Å²) in [5, 5.41) is 0. The predicted molar refractivity (Wildman–Crippen MR) is 105 cm³/mol.